The van der Waals surface area contributed by atoms with Gasteiger partial charge in [-0.3, -0.25) is 9.59 Å². The highest BCUT2D eigenvalue weighted by atomic mass is 32.2. The first-order valence-corrected chi connectivity index (χ1v) is 15.7. The molecule has 6 rings (SSSR count). The van der Waals surface area contributed by atoms with Gasteiger partial charge in [0.2, 0.25) is 5.12 Å². The predicted molar refractivity (Wildman–Crippen MR) is 153 cm³/mol. The number of esters is 1. The molecule has 0 saturated heterocycles. The highest BCUT2D eigenvalue weighted by Gasteiger charge is 2.73. The van der Waals surface area contributed by atoms with Gasteiger partial charge < -0.3 is 9.84 Å². The molecular weight excluding hydrogens is 546 g/mol. The number of carbonyl (C=O) groups excluding carboxylic acids is 2. The Kier molecular flexibility index (Phi) is 7.00. The lowest BCUT2D eigenvalue weighted by Gasteiger charge is -2.60. The number of hydrogen-bond donors (Lipinski definition) is 1. The molecule has 9 heteroatoms. The number of allylic oxidation sites excluding steroid dienone is 1. The van der Waals surface area contributed by atoms with Crippen LogP contribution >= 0.6 is 11.8 Å². The number of carbonyl (C=O) groups is 2. The van der Waals surface area contributed by atoms with Gasteiger partial charge >= 0.3 is 5.97 Å². The van der Waals surface area contributed by atoms with Crippen molar-refractivity contribution in [2.24, 2.45) is 34.5 Å². The molecule has 3 fully saturated rings. The largest absolute Gasteiger partial charge is 0.449 e. The van der Waals surface area contributed by atoms with Gasteiger partial charge in [-0.05, 0) is 103 Å². The summed E-state index contributed by atoms with van der Waals surface area (Å²) in [6.45, 7) is 7.86. The van der Waals surface area contributed by atoms with Crippen LogP contribution in [0.2, 0.25) is 0 Å². The molecule has 2 unspecified atom stereocenters. The summed E-state index contributed by atoms with van der Waals surface area (Å²) in [7, 11) is 0. The Morgan fingerprint density at radius 1 is 1.24 bits per heavy atom. The summed E-state index contributed by atoms with van der Waals surface area (Å²) in [4.78, 5) is 26.4. The SMILES string of the molecule is CCC(=O)O[C@]1(C(=O)SCF)[C@H](C)CC2[C@@H]3CCC4=Cc5c(cnn5-c5ccc(F)cc5)C[C@]4(C)C3[C@@H](O)C[C@@]21C. The molecule has 4 aliphatic carbocycles. The Hall–Kier alpha value is -2.52. The first-order chi connectivity index (χ1) is 19.5. The van der Waals surface area contributed by atoms with Crippen molar-refractivity contribution in [1.82, 2.24) is 9.78 Å². The lowest BCUT2D eigenvalue weighted by Crippen LogP contribution is -2.63. The van der Waals surface area contributed by atoms with Crippen LogP contribution < -0.4 is 0 Å². The predicted octanol–water partition coefficient (Wildman–Crippen LogP) is 6.29. The average Bonchev–Trinajstić information content (AvgIpc) is 3.43. The van der Waals surface area contributed by atoms with E-state index in [1.54, 1.807) is 19.1 Å². The molecule has 0 amide bonds. The number of rotatable bonds is 5. The number of aliphatic hydroxyl groups is 1. The normalized spacial score (nSPS) is 37.3. The fourth-order valence-corrected chi connectivity index (χ4v) is 10.2. The van der Waals surface area contributed by atoms with Crippen molar-refractivity contribution in [3.05, 3.63) is 53.1 Å². The number of aromatic nitrogens is 2. The van der Waals surface area contributed by atoms with E-state index < -0.39 is 34.2 Å². The van der Waals surface area contributed by atoms with E-state index in [0.29, 0.717) is 24.6 Å². The van der Waals surface area contributed by atoms with Crippen LogP contribution in [0.1, 0.15) is 71.1 Å². The number of thioether (sulfide) groups is 1. The Bertz CT molecular complexity index is 1410. The molecule has 220 valence electrons. The zero-order valence-corrected chi connectivity index (χ0v) is 24.8. The summed E-state index contributed by atoms with van der Waals surface area (Å²) in [5, 5.41) is 16.2. The minimum atomic E-state index is -1.47. The zero-order chi connectivity index (χ0) is 29.3. The molecule has 0 spiro atoms. The summed E-state index contributed by atoms with van der Waals surface area (Å²) in [5.41, 5.74) is 1.57. The topological polar surface area (TPSA) is 81.4 Å². The summed E-state index contributed by atoms with van der Waals surface area (Å²) in [6.07, 6.45) is 6.88. The van der Waals surface area contributed by atoms with E-state index in [4.69, 9.17) is 4.74 Å². The number of aliphatic hydroxyl groups excluding tert-OH is 1. The number of fused-ring (bicyclic) bond motifs is 6. The maximum Gasteiger partial charge on any atom is 0.306 e. The number of benzene rings is 1. The second kappa shape index (κ2) is 10.0. The maximum atomic E-state index is 13.6. The Morgan fingerprint density at radius 2 is 1.98 bits per heavy atom. The third-order valence-corrected chi connectivity index (χ3v) is 11.8. The van der Waals surface area contributed by atoms with Crippen molar-refractivity contribution >= 4 is 28.9 Å². The highest BCUT2D eigenvalue weighted by molar-refractivity contribution is 8.13. The van der Waals surface area contributed by atoms with Crippen LogP contribution in [-0.4, -0.2) is 43.7 Å². The maximum absolute atomic E-state index is 13.6. The molecule has 8 atom stereocenters. The quantitative estimate of drug-likeness (QED) is 0.416. The molecule has 1 aromatic heterocycles. The van der Waals surface area contributed by atoms with Crippen LogP contribution in [0.5, 0.6) is 0 Å². The number of hydrogen-bond acceptors (Lipinski definition) is 6. The minimum absolute atomic E-state index is 0.0430. The summed E-state index contributed by atoms with van der Waals surface area (Å²) in [5.74, 6) is -0.938. The van der Waals surface area contributed by atoms with Crippen molar-refractivity contribution in [2.75, 3.05) is 6.01 Å². The van der Waals surface area contributed by atoms with E-state index in [-0.39, 0.29) is 41.3 Å². The molecule has 41 heavy (non-hydrogen) atoms. The van der Waals surface area contributed by atoms with E-state index in [0.717, 1.165) is 36.2 Å². The van der Waals surface area contributed by atoms with Crippen molar-refractivity contribution in [3.8, 4) is 5.69 Å². The van der Waals surface area contributed by atoms with Crippen molar-refractivity contribution in [2.45, 2.75) is 77.9 Å². The van der Waals surface area contributed by atoms with Crippen LogP contribution in [-0.2, 0) is 20.7 Å². The molecule has 1 N–H and O–H groups in total. The van der Waals surface area contributed by atoms with Gasteiger partial charge in [-0.2, -0.15) is 5.10 Å². The number of nitrogens with zero attached hydrogens (tertiary/aromatic N) is 2. The van der Waals surface area contributed by atoms with Crippen molar-refractivity contribution < 1.29 is 28.2 Å². The first kappa shape index (κ1) is 28.6. The van der Waals surface area contributed by atoms with Crippen LogP contribution in [0.3, 0.4) is 0 Å². The fraction of sp³-hybridized carbons (Fsp3) is 0.594. The molecule has 0 bridgehead atoms. The third kappa shape index (κ3) is 4.01. The molecule has 1 aromatic carbocycles. The standard InChI is InChI=1S/C32H38F2N2O4S/c1-5-27(38)40-32(29(39)41-17-33)18(2)12-24-23-11-6-20-13-25-19(16-35-36(25)22-9-7-21(34)8-10-22)14-30(20,3)28(23)26(37)15-31(24,32)4/h7-10,13,16,18,23-24,26,28,37H,5-6,11-12,14-15,17H2,1-4H3/t18-,23+,24?,26+,28?,30+,31+,32+/m1/s1. The zero-order valence-electron chi connectivity index (χ0n) is 24.0. The van der Waals surface area contributed by atoms with Crippen molar-refractivity contribution in [1.29, 1.82) is 0 Å². The third-order valence-electron chi connectivity index (χ3n) is 11.1. The van der Waals surface area contributed by atoms with Gasteiger partial charge in [0.05, 0.1) is 23.7 Å². The number of alkyl halides is 1. The molecule has 0 radical (unpaired) electrons. The highest BCUT2D eigenvalue weighted by Crippen LogP contribution is 2.70. The van der Waals surface area contributed by atoms with Crippen molar-refractivity contribution in [3.63, 3.8) is 0 Å². The number of halogens is 2. The molecule has 0 aliphatic heterocycles. The average molecular weight is 585 g/mol. The van der Waals surface area contributed by atoms with Gasteiger partial charge in [0.25, 0.3) is 0 Å². The van der Waals surface area contributed by atoms with Crippen LogP contribution in [0.15, 0.2) is 36.0 Å². The van der Waals surface area contributed by atoms with Crippen LogP contribution in [0, 0.1) is 40.3 Å². The van der Waals surface area contributed by atoms with E-state index in [1.807, 2.05) is 24.7 Å². The first-order valence-electron chi connectivity index (χ1n) is 14.7. The fourth-order valence-electron chi connectivity index (χ4n) is 9.39. The molecule has 3 saturated carbocycles. The Labute approximate surface area is 243 Å². The van der Waals surface area contributed by atoms with Gasteiger partial charge in [-0.25, -0.2) is 13.5 Å². The van der Waals surface area contributed by atoms with Gasteiger partial charge in [-0.15, -0.1) is 0 Å². The van der Waals surface area contributed by atoms with Gasteiger partial charge in [-0.1, -0.05) is 33.3 Å². The van der Waals surface area contributed by atoms with E-state index >= 15 is 0 Å². The Balaban J connectivity index is 1.38. The van der Waals surface area contributed by atoms with Crippen LogP contribution in [0.25, 0.3) is 11.8 Å². The van der Waals surface area contributed by atoms with Crippen LogP contribution in [0.4, 0.5) is 8.78 Å². The van der Waals surface area contributed by atoms with E-state index in [2.05, 4.69) is 18.1 Å². The van der Waals surface area contributed by atoms with Gasteiger partial charge in [0.15, 0.2) is 5.60 Å². The summed E-state index contributed by atoms with van der Waals surface area (Å²) >= 11 is 0.576. The molecule has 1 heterocycles. The second-order valence-corrected chi connectivity index (χ2v) is 13.8. The lowest BCUT2D eigenvalue weighted by atomic mass is 9.45. The lowest BCUT2D eigenvalue weighted by molar-refractivity contribution is -0.201. The minimum Gasteiger partial charge on any atom is -0.449 e. The molecule has 6 nitrogen and oxygen atoms in total. The van der Waals surface area contributed by atoms with Gasteiger partial charge in [0.1, 0.15) is 11.8 Å². The smallest absolute Gasteiger partial charge is 0.306 e. The second-order valence-electron chi connectivity index (χ2n) is 13.0. The monoisotopic (exact) mass is 584 g/mol. The summed E-state index contributed by atoms with van der Waals surface area (Å²) in [6, 6.07) is 5.42. The number of ether oxygens (including phenoxy) is 1. The summed E-state index contributed by atoms with van der Waals surface area (Å²) < 4.78 is 35.0. The van der Waals surface area contributed by atoms with Gasteiger partial charge in [0, 0.05) is 17.8 Å². The molecular formula is C32H38F2N2O4S. The Morgan fingerprint density at radius 3 is 2.66 bits per heavy atom. The van der Waals surface area contributed by atoms with E-state index in [9.17, 15) is 23.5 Å². The molecule has 4 aliphatic rings. The molecule has 2 aromatic rings. The van der Waals surface area contributed by atoms with E-state index in [1.165, 1.54) is 17.7 Å².